The standard InChI is InChI=1S/C13H16BrNO4S/c1-9-6-10(14)2-3-11(9)20-8-12(16)15-4-5-19-7-13(17)18/h2-3,6H,4-5,7-8H2,1H3,(H,15,16)(H,17,18). The molecule has 0 heterocycles. The van der Waals surface area contributed by atoms with Crippen molar-refractivity contribution >= 4 is 39.6 Å². The molecular weight excluding hydrogens is 346 g/mol. The van der Waals surface area contributed by atoms with Crippen molar-refractivity contribution in [2.75, 3.05) is 25.5 Å². The molecule has 0 bridgehead atoms. The summed E-state index contributed by atoms with van der Waals surface area (Å²) in [5, 5.41) is 11.0. The van der Waals surface area contributed by atoms with Gasteiger partial charge in [-0.25, -0.2) is 4.79 Å². The summed E-state index contributed by atoms with van der Waals surface area (Å²) in [4.78, 5) is 22.8. The second-order valence-electron chi connectivity index (χ2n) is 3.99. The summed E-state index contributed by atoms with van der Waals surface area (Å²) in [6, 6.07) is 5.90. The molecule has 0 radical (unpaired) electrons. The number of amides is 1. The number of carboxylic acid groups (broad SMARTS) is 1. The summed E-state index contributed by atoms with van der Waals surface area (Å²) in [5.41, 5.74) is 1.11. The van der Waals surface area contributed by atoms with E-state index < -0.39 is 5.97 Å². The molecule has 0 spiro atoms. The van der Waals surface area contributed by atoms with E-state index in [1.807, 2.05) is 25.1 Å². The molecule has 110 valence electrons. The second-order valence-corrected chi connectivity index (χ2v) is 5.93. The van der Waals surface area contributed by atoms with Gasteiger partial charge < -0.3 is 15.2 Å². The van der Waals surface area contributed by atoms with Gasteiger partial charge in [-0.2, -0.15) is 0 Å². The number of carbonyl (C=O) groups is 2. The lowest BCUT2D eigenvalue weighted by atomic mass is 10.2. The van der Waals surface area contributed by atoms with E-state index in [1.165, 1.54) is 11.8 Å². The molecule has 0 fully saturated rings. The van der Waals surface area contributed by atoms with E-state index in [2.05, 4.69) is 21.2 Å². The first-order chi connectivity index (χ1) is 9.49. The van der Waals surface area contributed by atoms with Crippen LogP contribution in [0.5, 0.6) is 0 Å². The summed E-state index contributed by atoms with van der Waals surface area (Å²) in [5.74, 6) is -0.796. The smallest absolute Gasteiger partial charge is 0.329 e. The van der Waals surface area contributed by atoms with Crippen LogP contribution in [0.25, 0.3) is 0 Å². The fourth-order valence-electron chi connectivity index (χ4n) is 1.39. The molecule has 5 nitrogen and oxygen atoms in total. The molecule has 0 saturated heterocycles. The number of hydrogen-bond acceptors (Lipinski definition) is 4. The van der Waals surface area contributed by atoms with Crippen LogP contribution in [-0.4, -0.2) is 42.5 Å². The summed E-state index contributed by atoms with van der Waals surface area (Å²) in [7, 11) is 0. The number of hydrogen-bond donors (Lipinski definition) is 2. The predicted molar refractivity (Wildman–Crippen MR) is 81.1 cm³/mol. The van der Waals surface area contributed by atoms with Crippen molar-refractivity contribution in [3.05, 3.63) is 28.2 Å². The van der Waals surface area contributed by atoms with Gasteiger partial charge in [0.2, 0.25) is 5.91 Å². The van der Waals surface area contributed by atoms with Crippen molar-refractivity contribution < 1.29 is 19.4 Å². The van der Waals surface area contributed by atoms with E-state index >= 15 is 0 Å². The third kappa shape index (κ3) is 6.93. The quantitative estimate of drug-likeness (QED) is 0.547. The first kappa shape index (κ1) is 17.0. The Balaban J connectivity index is 2.21. The third-order valence-electron chi connectivity index (χ3n) is 2.29. The zero-order chi connectivity index (χ0) is 15.0. The van der Waals surface area contributed by atoms with Crippen LogP contribution in [0.4, 0.5) is 0 Å². The van der Waals surface area contributed by atoms with Gasteiger partial charge in [0.25, 0.3) is 0 Å². The lowest BCUT2D eigenvalue weighted by molar-refractivity contribution is -0.142. The fourth-order valence-corrected chi connectivity index (χ4v) is 2.71. The van der Waals surface area contributed by atoms with E-state index in [4.69, 9.17) is 9.84 Å². The highest BCUT2D eigenvalue weighted by molar-refractivity contribution is 9.10. The molecular formula is C13H16BrNO4S. The van der Waals surface area contributed by atoms with Gasteiger partial charge in [0, 0.05) is 15.9 Å². The average Bonchev–Trinajstić information content (AvgIpc) is 2.37. The monoisotopic (exact) mass is 361 g/mol. The summed E-state index contributed by atoms with van der Waals surface area (Å²) in [6.07, 6.45) is 0. The molecule has 0 aliphatic rings. The topological polar surface area (TPSA) is 75.6 Å². The van der Waals surface area contributed by atoms with Crippen molar-refractivity contribution in [1.82, 2.24) is 5.32 Å². The van der Waals surface area contributed by atoms with Crippen LogP contribution >= 0.6 is 27.7 Å². The summed E-state index contributed by atoms with van der Waals surface area (Å²) < 4.78 is 5.83. The van der Waals surface area contributed by atoms with Crippen molar-refractivity contribution in [3.63, 3.8) is 0 Å². The number of aliphatic carboxylic acids is 1. The molecule has 2 N–H and O–H groups in total. The molecule has 1 aromatic rings. The second kappa shape index (κ2) is 8.99. The Morgan fingerprint density at radius 1 is 1.45 bits per heavy atom. The van der Waals surface area contributed by atoms with Crippen LogP contribution in [-0.2, 0) is 14.3 Å². The number of halogens is 1. The highest BCUT2D eigenvalue weighted by Crippen LogP contribution is 2.24. The van der Waals surface area contributed by atoms with Crippen molar-refractivity contribution in [1.29, 1.82) is 0 Å². The fraction of sp³-hybridized carbons (Fsp3) is 0.385. The SMILES string of the molecule is Cc1cc(Br)ccc1SCC(=O)NCCOCC(=O)O. The van der Waals surface area contributed by atoms with Crippen LogP contribution < -0.4 is 5.32 Å². The normalized spacial score (nSPS) is 10.3. The number of carboxylic acids is 1. The first-order valence-electron chi connectivity index (χ1n) is 5.94. The maximum Gasteiger partial charge on any atom is 0.329 e. The molecule has 0 aliphatic carbocycles. The van der Waals surface area contributed by atoms with Gasteiger partial charge in [-0.15, -0.1) is 11.8 Å². The van der Waals surface area contributed by atoms with Gasteiger partial charge >= 0.3 is 5.97 Å². The first-order valence-corrected chi connectivity index (χ1v) is 7.72. The van der Waals surface area contributed by atoms with Crippen molar-refractivity contribution in [3.8, 4) is 0 Å². The van der Waals surface area contributed by atoms with Crippen LogP contribution in [0.15, 0.2) is 27.6 Å². The van der Waals surface area contributed by atoms with Gasteiger partial charge in [0.05, 0.1) is 12.4 Å². The largest absolute Gasteiger partial charge is 0.480 e. The van der Waals surface area contributed by atoms with Crippen LogP contribution in [0.2, 0.25) is 0 Å². The minimum absolute atomic E-state index is 0.101. The molecule has 0 unspecified atom stereocenters. The van der Waals surface area contributed by atoms with Crippen LogP contribution in [0, 0.1) is 6.92 Å². The molecule has 1 rings (SSSR count). The summed E-state index contributed by atoms with van der Waals surface area (Å²) >= 11 is 4.86. The Kier molecular flexibility index (Phi) is 7.64. The molecule has 0 aromatic heterocycles. The lowest BCUT2D eigenvalue weighted by Gasteiger charge is -2.07. The number of ether oxygens (including phenoxy) is 1. The van der Waals surface area contributed by atoms with Gasteiger partial charge in [-0.3, -0.25) is 4.79 Å². The number of carbonyl (C=O) groups excluding carboxylic acids is 1. The minimum Gasteiger partial charge on any atom is -0.480 e. The number of nitrogens with one attached hydrogen (secondary N) is 1. The van der Waals surface area contributed by atoms with Gasteiger partial charge in [-0.1, -0.05) is 15.9 Å². The molecule has 20 heavy (non-hydrogen) atoms. The highest BCUT2D eigenvalue weighted by Gasteiger charge is 2.05. The number of aryl methyl sites for hydroxylation is 1. The van der Waals surface area contributed by atoms with E-state index in [-0.39, 0.29) is 19.1 Å². The van der Waals surface area contributed by atoms with Gasteiger partial charge in [-0.05, 0) is 30.7 Å². The van der Waals surface area contributed by atoms with E-state index in [0.717, 1.165) is 14.9 Å². The predicted octanol–water partition coefficient (Wildman–Crippen LogP) is 2.07. The van der Waals surface area contributed by atoms with E-state index in [0.29, 0.717) is 12.3 Å². The average molecular weight is 362 g/mol. The Bertz CT molecular complexity index is 481. The molecule has 0 atom stereocenters. The zero-order valence-corrected chi connectivity index (χ0v) is 13.4. The minimum atomic E-state index is -1.02. The molecule has 0 saturated carbocycles. The van der Waals surface area contributed by atoms with Crippen molar-refractivity contribution in [2.24, 2.45) is 0 Å². The lowest BCUT2D eigenvalue weighted by Crippen LogP contribution is -2.29. The van der Waals surface area contributed by atoms with Gasteiger partial charge in [0.15, 0.2) is 0 Å². The number of thioether (sulfide) groups is 1. The Hall–Kier alpha value is -1.05. The van der Waals surface area contributed by atoms with Crippen molar-refractivity contribution in [2.45, 2.75) is 11.8 Å². The molecule has 1 aromatic carbocycles. The Morgan fingerprint density at radius 3 is 2.85 bits per heavy atom. The summed E-state index contributed by atoms with van der Waals surface area (Å²) in [6.45, 7) is 2.15. The third-order valence-corrected chi connectivity index (χ3v) is 3.96. The Labute approximate surface area is 130 Å². The molecule has 0 aliphatic heterocycles. The van der Waals surface area contributed by atoms with E-state index in [9.17, 15) is 9.59 Å². The van der Waals surface area contributed by atoms with Crippen LogP contribution in [0.1, 0.15) is 5.56 Å². The molecule has 1 amide bonds. The zero-order valence-electron chi connectivity index (χ0n) is 11.0. The maximum absolute atomic E-state index is 11.6. The van der Waals surface area contributed by atoms with Crippen LogP contribution in [0.3, 0.4) is 0 Å². The number of rotatable bonds is 8. The maximum atomic E-state index is 11.6. The molecule has 7 heteroatoms. The number of benzene rings is 1. The van der Waals surface area contributed by atoms with Gasteiger partial charge in [0.1, 0.15) is 6.61 Å². The van der Waals surface area contributed by atoms with E-state index in [1.54, 1.807) is 0 Å². The Morgan fingerprint density at radius 2 is 2.20 bits per heavy atom. The highest BCUT2D eigenvalue weighted by atomic mass is 79.9.